The van der Waals surface area contributed by atoms with Gasteiger partial charge in [-0.3, -0.25) is 0 Å². The molecular weight excluding hydrogens is 304 g/mol. The van der Waals surface area contributed by atoms with Crippen LogP contribution in [0.1, 0.15) is 5.56 Å². The van der Waals surface area contributed by atoms with Crippen LogP contribution in [0.5, 0.6) is 5.75 Å². The van der Waals surface area contributed by atoms with E-state index < -0.39 is 0 Å². The molecule has 0 aliphatic rings. The topological polar surface area (TPSA) is 27.1 Å². The molecule has 23 heavy (non-hydrogen) atoms. The van der Waals surface area contributed by atoms with E-state index in [9.17, 15) is 0 Å². The SMILES string of the molecule is COc1cccc(Cn2cc(-c3ccsc3)c3cccnc32)c1. The average Bonchev–Trinajstić information content (AvgIpc) is 3.23. The van der Waals surface area contributed by atoms with Gasteiger partial charge in [0.15, 0.2) is 0 Å². The van der Waals surface area contributed by atoms with E-state index in [-0.39, 0.29) is 0 Å². The summed E-state index contributed by atoms with van der Waals surface area (Å²) in [6.07, 6.45) is 4.04. The van der Waals surface area contributed by atoms with Crippen molar-refractivity contribution in [1.82, 2.24) is 9.55 Å². The third kappa shape index (κ3) is 2.62. The lowest BCUT2D eigenvalue weighted by molar-refractivity contribution is 0.414. The number of hydrogen-bond acceptors (Lipinski definition) is 3. The molecular formula is C19H16N2OS. The van der Waals surface area contributed by atoms with Crippen LogP contribution in [0.2, 0.25) is 0 Å². The zero-order valence-electron chi connectivity index (χ0n) is 12.8. The molecule has 3 aromatic heterocycles. The second-order valence-electron chi connectivity index (χ2n) is 5.41. The van der Waals surface area contributed by atoms with Gasteiger partial charge in [0.05, 0.1) is 7.11 Å². The number of aromatic nitrogens is 2. The van der Waals surface area contributed by atoms with Crippen molar-refractivity contribution >= 4 is 22.4 Å². The zero-order valence-corrected chi connectivity index (χ0v) is 13.6. The van der Waals surface area contributed by atoms with Gasteiger partial charge in [0.25, 0.3) is 0 Å². The van der Waals surface area contributed by atoms with Gasteiger partial charge in [-0.25, -0.2) is 4.98 Å². The molecule has 0 bridgehead atoms. The molecule has 1 aromatic carbocycles. The molecule has 0 aliphatic carbocycles. The van der Waals surface area contributed by atoms with Gasteiger partial charge in [0.1, 0.15) is 11.4 Å². The summed E-state index contributed by atoms with van der Waals surface area (Å²) in [5.74, 6) is 0.880. The van der Waals surface area contributed by atoms with Crippen LogP contribution in [0, 0.1) is 0 Å². The molecule has 0 aliphatic heterocycles. The Kier molecular flexibility index (Phi) is 3.60. The summed E-state index contributed by atoms with van der Waals surface area (Å²) in [7, 11) is 1.69. The number of fused-ring (bicyclic) bond motifs is 1. The molecule has 0 fully saturated rings. The number of thiophene rings is 1. The molecule has 0 amide bonds. The standard InChI is InChI=1S/C19H16N2OS/c1-22-16-5-2-4-14(10-16)11-21-12-18(15-7-9-23-13-15)17-6-3-8-20-19(17)21/h2-10,12-13H,11H2,1H3. The predicted molar refractivity (Wildman–Crippen MR) is 95.1 cm³/mol. The van der Waals surface area contributed by atoms with Crippen molar-refractivity contribution in [3.63, 3.8) is 0 Å². The van der Waals surface area contributed by atoms with E-state index in [1.807, 2.05) is 24.4 Å². The summed E-state index contributed by atoms with van der Waals surface area (Å²) in [6, 6.07) is 14.5. The number of benzene rings is 1. The van der Waals surface area contributed by atoms with Crippen LogP contribution in [0.15, 0.2) is 65.6 Å². The maximum absolute atomic E-state index is 5.32. The van der Waals surface area contributed by atoms with Crippen LogP contribution in [-0.4, -0.2) is 16.7 Å². The quantitative estimate of drug-likeness (QED) is 0.539. The molecule has 0 unspecified atom stereocenters. The fraction of sp³-hybridized carbons (Fsp3) is 0.105. The van der Waals surface area contributed by atoms with Crippen LogP contribution in [0.4, 0.5) is 0 Å². The number of rotatable bonds is 4. The minimum absolute atomic E-state index is 0.773. The number of nitrogens with zero attached hydrogens (tertiary/aromatic N) is 2. The highest BCUT2D eigenvalue weighted by atomic mass is 32.1. The lowest BCUT2D eigenvalue weighted by Crippen LogP contribution is -1.99. The van der Waals surface area contributed by atoms with Gasteiger partial charge in [0.2, 0.25) is 0 Å². The first-order valence-corrected chi connectivity index (χ1v) is 8.39. The highest BCUT2D eigenvalue weighted by Crippen LogP contribution is 2.31. The molecule has 3 nitrogen and oxygen atoms in total. The Hall–Kier alpha value is -2.59. The lowest BCUT2D eigenvalue weighted by atomic mass is 10.1. The van der Waals surface area contributed by atoms with E-state index in [2.05, 4.69) is 50.8 Å². The monoisotopic (exact) mass is 320 g/mol. The molecule has 114 valence electrons. The van der Waals surface area contributed by atoms with E-state index in [0.717, 1.165) is 17.9 Å². The molecule has 0 saturated carbocycles. The Morgan fingerprint density at radius 2 is 2.13 bits per heavy atom. The van der Waals surface area contributed by atoms with Crippen molar-refractivity contribution in [3.05, 3.63) is 71.2 Å². The summed E-state index contributed by atoms with van der Waals surface area (Å²) < 4.78 is 7.53. The van der Waals surface area contributed by atoms with Crippen molar-refractivity contribution in [2.45, 2.75) is 6.54 Å². The fourth-order valence-electron chi connectivity index (χ4n) is 2.86. The summed E-state index contributed by atoms with van der Waals surface area (Å²) in [5, 5.41) is 5.48. The summed E-state index contributed by atoms with van der Waals surface area (Å²) in [6.45, 7) is 0.773. The van der Waals surface area contributed by atoms with Gasteiger partial charge in [-0.2, -0.15) is 11.3 Å². The van der Waals surface area contributed by atoms with E-state index in [4.69, 9.17) is 4.74 Å². The zero-order chi connectivity index (χ0) is 15.6. The van der Waals surface area contributed by atoms with Crippen molar-refractivity contribution < 1.29 is 4.74 Å². The Morgan fingerprint density at radius 1 is 1.17 bits per heavy atom. The first kappa shape index (κ1) is 14.0. The molecule has 0 N–H and O–H groups in total. The first-order valence-electron chi connectivity index (χ1n) is 7.44. The number of methoxy groups -OCH3 is 1. The van der Waals surface area contributed by atoms with Gasteiger partial charge in [0, 0.05) is 29.9 Å². The smallest absolute Gasteiger partial charge is 0.140 e. The third-order valence-electron chi connectivity index (χ3n) is 3.95. The summed E-state index contributed by atoms with van der Waals surface area (Å²) in [5.41, 5.74) is 4.69. The maximum atomic E-state index is 5.32. The highest BCUT2D eigenvalue weighted by Gasteiger charge is 2.11. The Labute approximate surface area is 138 Å². The van der Waals surface area contributed by atoms with Crippen LogP contribution in [0.3, 0.4) is 0 Å². The largest absolute Gasteiger partial charge is 0.497 e. The van der Waals surface area contributed by atoms with E-state index in [1.54, 1.807) is 18.4 Å². The van der Waals surface area contributed by atoms with Crippen molar-refractivity contribution in [2.75, 3.05) is 7.11 Å². The Bertz CT molecular complexity index is 941. The molecule has 0 atom stereocenters. The van der Waals surface area contributed by atoms with Crippen LogP contribution >= 0.6 is 11.3 Å². The molecule has 0 spiro atoms. The van der Waals surface area contributed by atoms with E-state index in [1.165, 1.54) is 22.1 Å². The van der Waals surface area contributed by atoms with Gasteiger partial charge < -0.3 is 9.30 Å². The molecule has 4 rings (SSSR count). The predicted octanol–water partition coefficient (Wildman–Crippen LogP) is 4.82. The van der Waals surface area contributed by atoms with Gasteiger partial charge in [-0.1, -0.05) is 12.1 Å². The first-order chi connectivity index (χ1) is 11.3. The van der Waals surface area contributed by atoms with Gasteiger partial charge >= 0.3 is 0 Å². The number of ether oxygens (including phenoxy) is 1. The summed E-state index contributed by atoms with van der Waals surface area (Å²) in [4.78, 5) is 4.59. The van der Waals surface area contributed by atoms with Crippen molar-refractivity contribution in [1.29, 1.82) is 0 Å². The molecule has 4 aromatic rings. The fourth-order valence-corrected chi connectivity index (χ4v) is 3.51. The molecule has 3 heterocycles. The van der Waals surface area contributed by atoms with Crippen molar-refractivity contribution in [3.8, 4) is 16.9 Å². The highest BCUT2D eigenvalue weighted by molar-refractivity contribution is 7.08. The van der Waals surface area contributed by atoms with Crippen molar-refractivity contribution in [2.24, 2.45) is 0 Å². The second-order valence-corrected chi connectivity index (χ2v) is 6.19. The minimum atomic E-state index is 0.773. The van der Waals surface area contributed by atoms with Gasteiger partial charge in [-0.15, -0.1) is 0 Å². The maximum Gasteiger partial charge on any atom is 0.140 e. The normalized spacial score (nSPS) is 11.0. The Balaban J connectivity index is 1.81. The second kappa shape index (κ2) is 5.89. The van der Waals surface area contributed by atoms with E-state index >= 15 is 0 Å². The lowest BCUT2D eigenvalue weighted by Gasteiger charge is -2.06. The van der Waals surface area contributed by atoms with Crippen LogP contribution in [-0.2, 0) is 6.54 Å². The summed E-state index contributed by atoms with van der Waals surface area (Å²) >= 11 is 1.71. The number of pyridine rings is 1. The molecule has 0 radical (unpaired) electrons. The third-order valence-corrected chi connectivity index (χ3v) is 4.64. The Morgan fingerprint density at radius 3 is 2.96 bits per heavy atom. The van der Waals surface area contributed by atoms with E-state index in [0.29, 0.717) is 0 Å². The number of hydrogen-bond donors (Lipinski definition) is 0. The minimum Gasteiger partial charge on any atom is -0.497 e. The van der Waals surface area contributed by atoms with Crippen LogP contribution in [0.25, 0.3) is 22.2 Å². The van der Waals surface area contributed by atoms with Gasteiger partial charge in [-0.05, 0) is 52.2 Å². The average molecular weight is 320 g/mol. The van der Waals surface area contributed by atoms with Crippen LogP contribution < -0.4 is 4.74 Å². The molecule has 0 saturated heterocycles. The molecule has 4 heteroatoms.